The van der Waals surface area contributed by atoms with Crippen LogP contribution in [0.15, 0.2) is 0 Å². The van der Waals surface area contributed by atoms with Crippen molar-refractivity contribution >= 4 is 17.6 Å². The van der Waals surface area contributed by atoms with Crippen LogP contribution in [0.5, 0.6) is 0 Å². The SMILES string of the molecule is COC(=O)c1c(N2CCCC2CO)nn(CCC#N)c1N. The van der Waals surface area contributed by atoms with E-state index in [0.29, 0.717) is 18.9 Å². The Balaban J connectivity index is 2.43. The standard InChI is InChI=1S/C13H19N5O3/c1-21-13(20)10-11(15)18(7-3-5-14)16-12(10)17-6-2-4-9(17)8-19/h9,19H,2-4,6-8,15H2,1H3. The number of nitrogens with zero attached hydrogens (tertiary/aromatic N) is 4. The molecule has 0 spiro atoms. The molecule has 0 radical (unpaired) electrons. The molecule has 2 rings (SSSR count). The first-order chi connectivity index (χ1) is 10.1. The molecule has 1 atom stereocenters. The second-order valence-corrected chi connectivity index (χ2v) is 4.88. The molecule has 1 aliphatic rings. The van der Waals surface area contributed by atoms with Gasteiger partial charge in [-0.15, -0.1) is 0 Å². The summed E-state index contributed by atoms with van der Waals surface area (Å²) in [7, 11) is 1.28. The Morgan fingerprint density at radius 1 is 1.67 bits per heavy atom. The van der Waals surface area contributed by atoms with Crippen LogP contribution in [-0.4, -0.2) is 47.2 Å². The number of ether oxygens (including phenoxy) is 1. The number of hydrogen-bond donors (Lipinski definition) is 2. The highest BCUT2D eigenvalue weighted by molar-refractivity contribution is 5.99. The normalized spacial score (nSPS) is 17.8. The molecule has 1 fully saturated rings. The van der Waals surface area contributed by atoms with E-state index in [-0.39, 0.29) is 30.5 Å². The van der Waals surface area contributed by atoms with Gasteiger partial charge in [-0.25, -0.2) is 9.48 Å². The lowest BCUT2D eigenvalue weighted by atomic mass is 10.2. The third kappa shape index (κ3) is 2.78. The smallest absolute Gasteiger partial charge is 0.345 e. The number of carbonyl (C=O) groups is 1. The molecule has 0 saturated carbocycles. The van der Waals surface area contributed by atoms with E-state index in [1.165, 1.54) is 11.8 Å². The van der Waals surface area contributed by atoms with Crippen molar-refractivity contribution in [1.82, 2.24) is 9.78 Å². The zero-order valence-corrected chi connectivity index (χ0v) is 11.9. The topological polar surface area (TPSA) is 117 Å². The van der Waals surface area contributed by atoms with Crippen LogP contribution in [0.3, 0.4) is 0 Å². The number of aliphatic hydroxyl groups is 1. The molecule has 0 bridgehead atoms. The van der Waals surface area contributed by atoms with E-state index in [9.17, 15) is 9.90 Å². The third-order valence-corrected chi connectivity index (χ3v) is 3.66. The van der Waals surface area contributed by atoms with Gasteiger partial charge in [0.25, 0.3) is 0 Å². The van der Waals surface area contributed by atoms with E-state index in [0.717, 1.165) is 12.8 Å². The highest BCUT2D eigenvalue weighted by Gasteiger charge is 2.32. The van der Waals surface area contributed by atoms with E-state index >= 15 is 0 Å². The minimum atomic E-state index is -0.561. The molecule has 1 aromatic rings. The zero-order valence-electron chi connectivity index (χ0n) is 11.9. The molecule has 8 nitrogen and oxygen atoms in total. The Hall–Kier alpha value is -2.27. The maximum absolute atomic E-state index is 12.0. The lowest BCUT2D eigenvalue weighted by Gasteiger charge is -2.23. The lowest BCUT2D eigenvalue weighted by Crippen LogP contribution is -2.33. The number of methoxy groups -OCH3 is 1. The van der Waals surface area contributed by atoms with E-state index in [1.54, 1.807) is 0 Å². The Morgan fingerprint density at radius 2 is 2.43 bits per heavy atom. The molecule has 8 heteroatoms. The summed E-state index contributed by atoms with van der Waals surface area (Å²) in [6.07, 6.45) is 1.99. The predicted molar refractivity (Wildman–Crippen MR) is 75.7 cm³/mol. The lowest BCUT2D eigenvalue weighted by molar-refractivity contribution is 0.0602. The van der Waals surface area contributed by atoms with Gasteiger partial charge in [-0.1, -0.05) is 0 Å². The van der Waals surface area contributed by atoms with Crippen LogP contribution < -0.4 is 10.6 Å². The highest BCUT2D eigenvalue weighted by Crippen LogP contribution is 2.31. The maximum Gasteiger partial charge on any atom is 0.345 e. The molecule has 1 aromatic heterocycles. The molecule has 1 aliphatic heterocycles. The van der Waals surface area contributed by atoms with Gasteiger partial charge in [0.15, 0.2) is 5.82 Å². The molecule has 114 valence electrons. The molecule has 3 N–H and O–H groups in total. The van der Waals surface area contributed by atoms with Crippen LogP contribution in [-0.2, 0) is 11.3 Å². The summed E-state index contributed by atoms with van der Waals surface area (Å²) in [5, 5.41) is 22.5. The van der Waals surface area contributed by atoms with Crippen molar-refractivity contribution in [1.29, 1.82) is 5.26 Å². The molecule has 1 unspecified atom stereocenters. The van der Waals surface area contributed by atoms with Gasteiger partial charge in [0, 0.05) is 6.54 Å². The average molecular weight is 293 g/mol. The van der Waals surface area contributed by atoms with Crippen LogP contribution in [0.2, 0.25) is 0 Å². The van der Waals surface area contributed by atoms with Gasteiger partial charge < -0.3 is 20.5 Å². The zero-order chi connectivity index (χ0) is 15.4. The minimum absolute atomic E-state index is 0.00836. The van der Waals surface area contributed by atoms with Crippen molar-refractivity contribution in [3.63, 3.8) is 0 Å². The van der Waals surface area contributed by atoms with Gasteiger partial charge in [0.2, 0.25) is 0 Å². The second kappa shape index (κ2) is 6.45. The number of rotatable bonds is 5. The second-order valence-electron chi connectivity index (χ2n) is 4.88. The minimum Gasteiger partial charge on any atom is -0.465 e. The van der Waals surface area contributed by atoms with Crippen molar-refractivity contribution in [2.24, 2.45) is 0 Å². The quantitative estimate of drug-likeness (QED) is 0.741. The molecule has 1 saturated heterocycles. The van der Waals surface area contributed by atoms with Crippen LogP contribution in [0.1, 0.15) is 29.6 Å². The van der Waals surface area contributed by atoms with E-state index in [2.05, 4.69) is 5.10 Å². The van der Waals surface area contributed by atoms with E-state index < -0.39 is 5.97 Å². The van der Waals surface area contributed by atoms with Gasteiger partial charge >= 0.3 is 5.97 Å². The van der Waals surface area contributed by atoms with E-state index in [1.807, 2.05) is 11.0 Å². The van der Waals surface area contributed by atoms with Crippen LogP contribution in [0.25, 0.3) is 0 Å². The van der Waals surface area contributed by atoms with Gasteiger partial charge in [-0.2, -0.15) is 10.4 Å². The van der Waals surface area contributed by atoms with Crippen LogP contribution >= 0.6 is 0 Å². The fourth-order valence-electron chi connectivity index (χ4n) is 2.59. The number of nitrogen functional groups attached to an aromatic ring is 1. The van der Waals surface area contributed by atoms with Crippen molar-refractivity contribution in [2.75, 3.05) is 30.9 Å². The third-order valence-electron chi connectivity index (χ3n) is 3.66. The number of anilines is 2. The summed E-state index contributed by atoms with van der Waals surface area (Å²) in [4.78, 5) is 13.9. The van der Waals surface area contributed by atoms with Crippen LogP contribution in [0, 0.1) is 11.3 Å². The number of nitrogens with two attached hydrogens (primary N) is 1. The van der Waals surface area contributed by atoms with Gasteiger partial charge in [0.1, 0.15) is 11.4 Å². The summed E-state index contributed by atoms with van der Waals surface area (Å²) >= 11 is 0. The van der Waals surface area contributed by atoms with Gasteiger partial charge in [-0.3, -0.25) is 0 Å². The monoisotopic (exact) mass is 293 g/mol. The summed E-state index contributed by atoms with van der Waals surface area (Å²) in [5.41, 5.74) is 6.18. The van der Waals surface area contributed by atoms with Crippen LogP contribution in [0.4, 0.5) is 11.6 Å². The Kier molecular flexibility index (Phi) is 4.65. The first-order valence-electron chi connectivity index (χ1n) is 6.83. The molecule has 0 aliphatic carbocycles. The average Bonchev–Trinajstić information content (AvgIpc) is 3.08. The molecule has 21 heavy (non-hydrogen) atoms. The molecular weight excluding hydrogens is 274 g/mol. The Morgan fingerprint density at radius 3 is 3.05 bits per heavy atom. The highest BCUT2D eigenvalue weighted by atomic mass is 16.5. The van der Waals surface area contributed by atoms with Crippen molar-refractivity contribution in [2.45, 2.75) is 31.8 Å². The number of aryl methyl sites for hydroxylation is 1. The fourth-order valence-corrected chi connectivity index (χ4v) is 2.59. The summed E-state index contributed by atoms with van der Waals surface area (Å²) in [6, 6.07) is 1.94. The summed E-state index contributed by atoms with van der Waals surface area (Å²) < 4.78 is 6.22. The first kappa shape index (κ1) is 15.1. The van der Waals surface area contributed by atoms with Gasteiger partial charge in [-0.05, 0) is 12.8 Å². The Labute approximate surface area is 122 Å². The molecule has 0 aromatic carbocycles. The number of aliphatic hydroxyl groups excluding tert-OH is 1. The number of hydrogen-bond acceptors (Lipinski definition) is 7. The number of carbonyl (C=O) groups excluding carboxylic acids is 1. The van der Waals surface area contributed by atoms with Gasteiger partial charge in [0.05, 0.1) is 38.8 Å². The largest absolute Gasteiger partial charge is 0.465 e. The Bertz CT molecular complexity index is 563. The molecular formula is C13H19N5O3. The van der Waals surface area contributed by atoms with E-state index in [4.69, 9.17) is 15.7 Å². The molecule has 2 heterocycles. The predicted octanol–water partition coefficient (Wildman–Crippen LogP) is 0.127. The number of esters is 1. The first-order valence-corrected chi connectivity index (χ1v) is 6.83. The summed E-state index contributed by atoms with van der Waals surface area (Å²) in [5.74, 6) is 0.0545. The maximum atomic E-state index is 12.0. The number of aromatic nitrogens is 2. The van der Waals surface area contributed by atoms with Crippen molar-refractivity contribution in [3.05, 3.63) is 5.56 Å². The van der Waals surface area contributed by atoms with Crippen molar-refractivity contribution < 1.29 is 14.6 Å². The number of nitriles is 1. The fraction of sp³-hybridized carbons (Fsp3) is 0.615. The van der Waals surface area contributed by atoms with Crippen molar-refractivity contribution in [3.8, 4) is 6.07 Å². The summed E-state index contributed by atoms with van der Waals surface area (Å²) in [6.45, 7) is 0.999. The molecule has 0 amide bonds.